The van der Waals surface area contributed by atoms with Crippen molar-refractivity contribution in [2.45, 2.75) is 50.5 Å². The van der Waals surface area contributed by atoms with Gasteiger partial charge in [-0.05, 0) is 47.6 Å². The van der Waals surface area contributed by atoms with Gasteiger partial charge in [0, 0.05) is 17.1 Å². The highest BCUT2D eigenvalue weighted by Gasteiger charge is 2.53. The van der Waals surface area contributed by atoms with Crippen LogP contribution in [0.1, 0.15) is 36.0 Å². The monoisotopic (exact) mass is 484 g/mol. The molecule has 186 valence electrons. The Morgan fingerprint density at radius 1 is 1.08 bits per heavy atom. The van der Waals surface area contributed by atoms with E-state index in [-0.39, 0.29) is 12.0 Å². The van der Waals surface area contributed by atoms with Crippen molar-refractivity contribution in [2.75, 3.05) is 0 Å². The summed E-state index contributed by atoms with van der Waals surface area (Å²) in [5.74, 6) is 0.121. The number of carboxylic acid groups (broad SMARTS) is 1. The first-order valence-corrected chi connectivity index (χ1v) is 12.3. The van der Waals surface area contributed by atoms with Gasteiger partial charge in [-0.25, -0.2) is 10.4 Å². The molecule has 5 N–H and O–H groups in total. The average Bonchev–Trinajstić information content (AvgIpc) is 3.40. The van der Waals surface area contributed by atoms with E-state index in [9.17, 15) is 9.90 Å². The van der Waals surface area contributed by atoms with Crippen molar-refractivity contribution in [2.24, 2.45) is 5.73 Å². The highest BCUT2D eigenvalue weighted by atomic mass is 16.5. The van der Waals surface area contributed by atoms with Crippen LogP contribution in [0.4, 0.5) is 0 Å². The topological polar surface area (TPSA) is 103 Å². The Balaban J connectivity index is 1.21. The molecule has 0 spiro atoms. The molecule has 36 heavy (non-hydrogen) atoms. The Morgan fingerprint density at radius 3 is 2.61 bits per heavy atom. The first-order chi connectivity index (χ1) is 17.5. The van der Waals surface area contributed by atoms with Gasteiger partial charge in [0.1, 0.15) is 18.4 Å². The first-order valence-electron chi connectivity index (χ1n) is 12.3. The molecule has 1 aromatic heterocycles. The molecule has 0 aliphatic carbocycles. The molecular weight excluding hydrogens is 452 g/mol. The molecular formula is C29H32N4O3. The summed E-state index contributed by atoms with van der Waals surface area (Å²) in [6, 6.07) is 25.4. The van der Waals surface area contributed by atoms with E-state index in [0.29, 0.717) is 19.4 Å². The third kappa shape index (κ3) is 5.28. The molecule has 1 aliphatic rings. The molecule has 0 saturated carbocycles. The van der Waals surface area contributed by atoms with E-state index in [0.717, 1.165) is 33.3 Å². The number of para-hydroxylation sites is 2. The Kier molecular flexibility index (Phi) is 7.04. The second kappa shape index (κ2) is 10.5. The zero-order chi connectivity index (χ0) is 25.1. The van der Waals surface area contributed by atoms with Gasteiger partial charge in [0.25, 0.3) is 0 Å². The number of nitrogens with two attached hydrogens (primary N) is 1. The van der Waals surface area contributed by atoms with E-state index < -0.39 is 18.2 Å². The number of hydrazine groups is 1. The summed E-state index contributed by atoms with van der Waals surface area (Å²) in [6.07, 6.45) is 2.84. The van der Waals surface area contributed by atoms with Crippen molar-refractivity contribution >= 4 is 16.9 Å². The second-order valence-electron chi connectivity index (χ2n) is 9.51. The van der Waals surface area contributed by atoms with Crippen LogP contribution in [0.3, 0.4) is 0 Å². The van der Waals surface area contributed by atoms with Gasteiger partial charge in [0.2, 0.25) is 0 Å². The number of carboxylic acids is 1. The SMILES string of the molecule is CC(CC(N)NN1[C@H](C(=O)O)[C@@H]1Cc1c[nH]c2ccccc12)c1ccccc1OCc1ccccc1. The predicted octanol–water partition coefficient (Wildman–Crippen LogP) is 4.41. The summed E-state index contributed by atoms with van der Waals surface area (Å²) in [6.45, 7) is 2.62. The normalized spacial score (nSPS) is 20.7. The van der Waals surface area contributed by atoms with Gasteiger partial charge >= 0.3 is 5.97 Å². The number of aromatic nitrogens is 1. The molecule has 1 aliphatic heterocycles. The number of benzene rings is 3. The fourth-order valence-electron chi connectivity index (χ4n) is 4.98. The molecule has 7 nitrogen and oxygen atoms in total. The van der Waals surface area contributed by atoms with Gasteiger partial charge in [-0.2, -0.15) is 0 Å². The van der Waals surface area contributed by atoms with Gasteiger partial charge in [0.15, 0.2) is 0 Å². The zero-order valence-corrected chi connectivity index (χ0v) is 20.3. The van der Waals surface area contributed by atoms with Crippen molar-refractivity contribution in [3.05, 3.63) is 102 Å². The standard InChI is InChI=1S/C29H32N4O3/c1-19(22-11-6-8-14-26(22)36-18-20-9-3-2-4-10-20)15-27(30)32-33-25(28(33)29(34)35)16-21-17-31-24-13-7-5-12-23(21)24/h2-14,17,19,25,27-28,31-32H,15-16,18,30H2,1H3,(H,34,35)/t19?,25-,27?,28-,33?/m0/s1. The number of rotatable bonds is 11. The highest BCUT2D eigenvalue weighted by Crippen LogP contribution is 2.33. The molecule has 1 fully saturated rings. The van der Waals surface area contributed by atoms with Gasteiger partial charge in [0.05, 0.1) is 12.2 Å². The van der Waals surface area contributed by atoms with Crippen LogP contribution in [0, 0.1) is 0 Å². The molecule has 5 atom stereocenters. The predicted molar refractivity (Wildman–Crippen MR) is 140 cm³/mol. The van der Waals surface area contributed by atoms with E-state index in [2.05, 4.69) is 29.5 Å². The smallest absolute Gasteiger partial charge is 0.324 e. The fraction of sp³-hybridized carbons (Fsp3) is 0.276. The van der Waals surface area contributed by atoms with E-state index in [1.807, 2.05) is 72.9 Å². The van der Waals surface area contributed by atoms with Crippen LogP contribution in [0.25, 0.3) is 10.9 Å². The largest absolute Gasteiger partial charge is 0.489 e. The molecule has 4 aromatic rings. The molecule has 5 rings (SSSR count). The maximum Gasteiger partial charge on any atom is 0.324 e. The minimum absolute atomic E-state index is 0.120. The lowest BCUT2D eigenvalue weighted by atomic mass is 9.95. The van der Waals surface area contributed by atoms with Crippen LogP contribution >= 0.6 is 0 Å². The zero-order valence-electron chi connectivity index (χ0n) is 20.3. The van der Waals surface area contributed by atoms with Crippen molar-refractivity contribution in [1.29, 1.82) is 0 Å². The Bertz CT molecular complexity index is 1320. The molecule has 2 heterocycles. The molecule has 0 radical (unpaired) electrons. The maximum absolute atomic E-state index is 11.9. The lowest BCUT2D eigenvalue weighted by molar-refractivity contribution is -0.137. The van der Waals surface area contributed by atoms with E-state index in [1.54, 1.807) is 5.01 Å². The highest BCUT2D eigenvalue weighted by molar-refractivity contribution is 5.84. The van der Waals surface area contributed by atoms with Crippen LogP contribution in [0.5, 0.6) is 5.75 Å². The van der Waals surface area contributed by atoms with Gasteiger partial charge in [-0.3, -0.25) is 4.79 Å². The third-order valence-electron chi connectivity index (χ3n) is 6.90. The Morgan fingerprint density at radius 2 is 1.81 bits per heavy atom. The van der Waals surface area contributed by atoms with Crippen molar-refractivity contribution in [3.63, 3.8) is 0 Å². The molecule has 3 aromatic carbocycles. The quantitative estimate of drug-likeness (QED) is 0.186. The fourth-order valence-corrected chi connectivity index (χ4v) is 4.98. The summed E-state index contributed by atoms with van der Waals surface area (Å²) >= 11 is 0. The Hall–Kier alpha value is -3.65. The molecule has 0 amide bonds. The van der Waals surface area contributed by atoms with Crippen LogP contribution in [0.15, 0.2) is 85.1 Å². The molecule has 1 saturated heterocycles. The number of nitrogens with zero attached hydrogens (tertiary/aromatic N) is 1. The average molecular weight is 485 g/mol. The number of fused-ring (bicyclic) bond motifs is 1. The van der Waals surface area contributed by atoms with Gasteiger partial charge < -0.3 is 20.6 Å². The molecule has 0 bridgehead atoms. The van der Waals surface area contributed by atoms with Gasteiger partial charge in [-0.15, -0.1) is 0 Å². The van der Waals surface area contributed by atoms with Crippen LogP contribution in [-0.2, 0) is 17.8 Å². The number of H-pyrrole nitrogens is 1. The molecule has 3 unspecified atom stereocenters. The lowest BCUT2D eigenvalue weighted by Crippen LogP contribution is -2.43. The van der Waals surface area contributed by atoms with Crippen molar-refractivity contribution < 1.29 is 14.6 Å². The minimum atomic E-state index is -0.841. The van der Waals surface area contributed by atoms with Gasteiger partial charge in [-0.1, -0.05) is 73.7 Å². The maximum atomic E-state index is 11.9. The second-order valence-corrected chi connectivity index (χ2v) is 9.51. The number of ether oxygens (including phenoxy) is 1. The van der Waals surface area contributed by atoms with Crippen molar-refractivity contribution in [3.8, 4) is 5.75 Å². The number of aliphatic carboxylic acids is 1. The number of carbonyl (C=O) groups is 1. The number of nitrogens with one attached hydrogen (secondary N) is 2. The summed E-state index contributed by atoms with van der Waals surface area (Å²) in [5, 5.41) is 12.7. The lowest BCUT2D eigenvalue weighted by Gasteiger charge is -2.22. The summed E-state index contributed by atoms with van der Waals surface area (Å²) < 4.78 is 6.13. The van der Waals surface area contributed by atoms with E-state index in [4.69, 9.17) is 10.5 Å². The van der Waals surface area contributed by atoms with Crippen LogP contribution in [0.2, 0.25) is 0 Å². The first kappa shape index (κ1) is 24.1. The van der Waals surface area contributed by atoms with E-state index >= 15 is 0 Å². The summed E-state index contributed by atoms with van der Waals surface area (Å²) in [5.41, 5.74) is 14.1. The summed E-state index contributed by atoms with van der Waals surface area (Å²) in [7, 11) is 0. The third-order valence-corrected chi connectivity index (χ3v) is 6.90. The minimum Gasteiger partial charge on any atom is -0.489 e. The molecule has 7 heteroatoms. The summed E-state index contributed by atoms with van der Waals surface area (Å²) in [4.78, 5) is 15.2. The van der Waals surface area contributed by atoms with Crippen molar-refractivity contribution in [1.82, 2.24) is 15.4 Å². The number of hydrogen-bond donors (Lipinski definition) is 4. The number of aromatic amines is 1. The van der Waals surface area contributed by atoms with Crippen LogP contribution in [-0.4, -0.2) is 39.3 Å². The Labute approximate surface area is 210 Å². The van der Waals surface area contributed by atoms with Crippen LogP contribution < -0.4 is 15.9 Å². The van der Waals surface area contributed by atoms with E-state index in [1.165, 1.54) is 0 Å². The number of hydrogen-bond acceptors (Lipinski definition) is 5.